The summed E-state index contributed by atoms with van der Waals surface area (Å²) in [6, 6.07) is -0.678. The van der Waals surface area contributed by atoms with Crippen LogP contribution in [0.1, 0.15) is 12.8 Å². The van der Waals surface area contributed by atoms with Gasteiger partial charge in [0, 0.05) is 6.42 Å². The molecular weight excluding hydrogens is 148 g/mol. The molecule has 0 fully saturated rings. The molecule has 0 aliphatic heterocycles. The maximum absolute atomic E-state index is 10.5. The van der Waals surface area contributed by atoms with Crippen molar-refractivity contribution in [2.75, 3.05) is 0 Å². The van der Waals surface area contributed by atoms with Gasteiger partial charge >= 0.3 is 0 Å². The third kappa shape index (κ3) is 4.29. The Morgan fingerprint density at radius 1 is 1.36 bits per heavy atom. The number of carbonyl (C=O) groups excluding carboxylic acids is 2. The van der Waals surface area contributed by atoms with Crippen LogP contribution in [0, 0.1) is 0 Å². The molecular formula is C5H12N4O2. The van der Waals surface area contributed by atoms with Gasteiger partial charge in [-0.25, -0.2) is 5.43 Å². The maximum atomic E-state index is 10.5. The Hall–Kier alpha value is -1.14. The Morgan fingerprint density at radius 3 is 2.18 bits per heavy atom. The molecule has 2 amide bonds. The number of rotatable bonds is 5. The lowest BCUT2D eigenvalue weighted by Crippen LogP contribution is -2.45. The van der Waals surface area contributed by atoms with Crippen LogP contribution in [0.25, 0.3) is 0 Å². The first-order chi connectivity index (χ1) is 5.07. The van der Waals surface area contributed by atoms with E-state index in [-0.39, 0.29) is 12.8 Å². The van der Waals surface area contributed by atoms with Gasteiger partial charge in [-0.1, -0.05) is 0 Å². The summed E-state index contributed by atoms with van der Waals surface area (Å²) in [5, 5.41) is 0. The van der Waals surface area contributed by atoms with Crippen molar-refractivity contribution in [2.45, 2.75) is 18.9 Å². The van der Waals surface area contributed by atoms with E-state index in [0.717, 1.165) is 0 Å². The molecule has 1 atom stereocenters. The summed E-state index contributed by atoms with van der Waals surface area (Å²) in [7, 11) is 0. The zero-order chi connectivity index (χ0) is 8.85. The molecule has 0 aliphatic rings. The third-order valence-electron chi connectivity index (χ3n) is 1.22. The van der Waals surface area contributed by atoms with Crippen molar-refractivity contribution in [1.29, 1.82) is 0 Å². The zero-order valence-corrected chi connectivity index (χ0v) is 6.04. The fraction of sp³-hybridized carbons (Fsp3) is 0.600. The minimum atomic E-state index is -0.678. The minimum absolute atomic E-state index is 0.0950. The second-order valence-corrected chi connectivity index (χ2v) is 2.13. The van der Waals surface area contributed by atoms with E-state index >= 15 is 0 Å². The quantitative estimate of drug-likeness (QED) is 0.263. The fourth-order valence-electron chi connectivity index (χ4n) is 0.594. The number of hydrazine groups is 1. The summed E-state index contributed by atoms with van der Waals surface area (Å²) in [4.78, 5) is 20.7. The van der Waals surface area contributed by atoms with E-state index in [2.05, 4.69) is 5.43 Å². The molecule has 0 aromatic rings. The monoisotopic (exact) mass is 160 g/mol. The number of hydrogen-bond acceptors (Lipinski definition) is 4. The highest BCUT2D eigenvalue weighted by atomic mass is 16.1. The number of carbonyl (C=O) groups is 2. The van der Waals surface area contributed by atoms with Crippen LogP contribution >= 0.6 is 0 Å². The first-order valence-corrected chi connectivity index (χ1v) is 3.11. The Balaban J connectivity index is 3.70. The number of amides is 2. The molecule has 0 bridgehead atoms. The molecule has 6 nitrogen and oxygen atoms in total. The van der Waals surface area contributed by atoms with Crippen LogP contribution in [-0.4, -0.2) is 17.9 Å². The van der Waals surface area contributed by atoms with Crippen LogP contribution in [-0.2, 0) is 9.59 Å². The molecule has 6 heteroatoms. The molecule has 0 aromatic carbocycles. The van der Waals surface area contributed by atoms with Gasteiger partial charge in [-0.15, -0.1) is 0 Å². The van der Waals surface area contributed by atoms with Crippen molar-refractivity contribution >= 4 is 11.8 Å². The molecule has 0 rings (SSSR count). The second kappa shape index (κ2) is 4.64. The van der Waals surface area contributed by atoms with Gasteiger partial charge in [0.15, 0.2) is 0 Å². The summed E-state index contributed by atoms with van der Waals surface area (Å²) in [5.41, 5.74) is 11.9. The predicted molar refractivity (Wildman–Crippen MR) is 38.7 cm³/mol. The highest BCUT2D eigenvalue weighted by Gasteiger charge is 2.13. The lowest BCUT2D eigenvalue weighted by molar-refractivity contribution is -0.121. The number of primary amides is 2. The van der Waals surface area contributed by atoms with Gasteiger partial charge in [0.05, 0.1) is 6.04 Å². The lowest BCUT2D eigenvalue weighted by Gasteiger charge is -2.09. The van der Waals surface area contributed by atoms with Crippen molar-refractivity contribution in [3.05, 3.63) is 0 Å². The van der Waals surface area contributed by atoms with Crippen LogP contribution in [0.3, 0.4) is 0 Å². The van der Waals surface area contributed by atoms with Gasteiger partial charge in [0.25, 0.3) is 0 Å². The van der Waals surface area contributed by atoms with Crippen molar-refractivity contribution in [1.82, 2.24) is 5.43 Å². The van der Waals surface area contributed by atoms with Crippen LogP contribution in [0.2, 0.25) is 0 Å². The zero-order valence-electron chi connectivity index (χ0n) is 6.04. The van der Waals surface area contributed by atoms with Gasteiger partial charge in [-0.2, -0.15) is 0 Å². The minimum Gasteiger partial charge on any atom is -0.370 e. The number of hydrogen-bond donors (Lipinski definition) is 4. The lowest BCUT2D eigenvalue weighted by atomic mass is 10.1. The second-order valence-electron chi connectivity index (χ2n) is 2.13. The van der Waals surface area contributed by atoms with Crippen LogP contribution in [0.15, 0.2) is 0 Å². The highest BCUT2D eigenvalue weighted by Crippen LogP contribution is 1.93. The van der Waals surface area contributed by atoms with Crippen molar-refractivity contribution in [3.8, 4) is 0 Å². The third-order valence-corrected chi connectivity index (χ3v) is 1.22. The van der Waals surface area contributed by atoms with Crippen molar-refractivity contribution in [3.63, 3.8) is 0 Å². The first-order valence-electron chi connectivity index (χ1n) is 3.11. The van der Waals surface area contributed by atoms with E-state index in [1.165, 1.54) is 0 Å². The smallest absolute Gasteiger partial charge is 0.235 e. The van der Waals surface area contributed by atoms with Gasteiger partial charge in [0.2, 0.25) is 11.8 Å². The number of nitrogens with one attached hydrogen (secondary N) is 1. The Kier molecular flexibility index (Phi) is 4.16. The molecule has 0 aromatic heterocycles. The van der Waals surface area contributed by atoms with E-state index in [1.807, 2.05) is 0 Å². The van der Waals surface area contributed by atoms with Crippen LogP contribution in [0.4, 0.5) is 0 Å². The average Bonchev–Trinajstić information content (AvgIpc) is 1.87. The average molecular weight is 160 g/mol. The number of nitrogens with two attached hydrogens (primary N) is 3. The molecule has 7 N–H and O–H groups in total. The molecule has 0 aliphatic carbocycles. The van der Waals surface area contributed by atoms with Crippen molar-refractivity contribution in [2.24, 2.45) is 17.3 Å². The summed E-state index contributed by atoms with van der Waals surface area (Å²) >= 11 is 0. The Morgan fingerprint density at radius 2 is 1.91 bits per heavy atom. The first kappa shape index (κ1) is 9.86. The largest absolute Gasteiger partial charge is 0.370 e. The summed E-state index contributed by atoms with van der Waals surface area (Å²) in [6.45, 7) is 0. The summed E-state index contributed by atoms with van der Waals surface area (Å²) in [6.07, 6.45) is 0.332. The summed E-state index contributed by atoms with van der Waals surface area (Å²) in [5.74, 6) is 3.89. The Bertz CT molecular complexity index is 159. The predicted octanol–water partition coefficient (Wildman–Crippen LogP) is -2.43. The van der Waals surface area contributed by atoms with Gasteiger partial charge in [-0.3, -0.25) is 15.4 Å². The van der Waals surface area contributed by atoms with E-state index in [4.69, 9.17) is 17.3 Å². The van der Waals surface area contributed by atoms with E-state index in [0.29, 0.717) is 0 Å². The molecule has 0 unspecified atom stereocenters. The van der Waals surface area contributed by atoms with Crippen LogP contribution < -0.4 is 22.7 Å². The highest BCUT2D eigenvalue weighted by molar-refractivity contribution is 5.81. The molecule has 0 heterocycles. The molecule has 0 spiro atoms. The topological polar surface area (TPSA) is 124 Å². The molecule has 64 valence electrons. The normalized spacial score (nSPS) is 12.5. The molecule has 0 saturated heterocycles. The van der Waals surface area contributed by atoms with E-state index in [1.54, 1.807) is 0 Å². The Labute approximate surface area is 64.1 Å². The van der Waals surface area contributed by atoms with Gasteiger partial charge < -0.3 is 11.5 Å². The van der Waals surface area contributed by atoms with Gasteiger partial charge in [0.1, 0.15) is 0 Å². The summed E-state index contributed by atoms with van der Waals surface area (Å²) < 4.78 is 0. The fourth-order valence-corrected chi connectivity index (χ4v) is 0.594. The van der Waals surface area contributed by atoms with Gasteiger partial charge in [-0.05, 0) is 6.42 Å². The van der Waals surface area contributed by atoms with Crippen LogP contribution in [0.5, 0.6) is 0 Å². The SMILES string of the molecule is NN[C@@H](CCC(N)=O)C(N)=O. The standard InChI is InChI=1S/C5H12N4O2/c6-4(10)2-1-3(9-8)5(7)11/h3,9H,1-2,8H2,(H2,6,10)(H2,7,11)/t3-/m0/s1. The molecule has 11 heavy (non-hydrogen) atoms. The van der Waals surface area contributed by atoms with Crippen molar-refractivity contribution < 1.29 is 9.59 Å². The molecule has 0 saturated carbocycles. The van der Waals surface area contributed by atoms with E-state index < -0.39 is 17.9 Å². The van der Waals surface area contributed by atoms with E-state index in [9.17, 15) is 9.59 Å². The maximum Gasteiger partial charge on any atom is 0.235 e. The molecule has 0 radical (unpaired) electrons.